The van der Waals surface area contributed by atoms with E-state index in [4.69, 9.17) is 16.4 Å². The number of nitrogens with zero attached hydrogens (tertiary/aromatic N) is 4. The van der Waals surface area contributed by atoms with Gasteiger partial charge in [0.2, 0.25) is 0 Å². The number of hydroxylamine groups is 1. The first-order valence-corrected chi connectivity index (χ1v) is 8.74. The van der Waals surface area contributed by atoms with Crippen molar-refractivity contribution in [3.63, 3.8) is 0 Å². The molecule has 0 unspecified atom stereocenters. The number of hydrogen-bond donors (Lipinski definition) is 1. The van der Waals surface area contributed by atoms with Crippen molar-refractivity contribution in [2.45, 2.75) is 24.9 Å². The minimum Gasteiger partial charge on any atom is -0.300 e. The van der Waals surface area contributed by atoms with Gasteiger partial charge in [-0.15, -0.1) is 0 Å². The number of hydrogen-bond acceptors (Lipinski definition) is 5. The lowest BCUT2D eigenvalue weighted by Gasteiger charge is -2.49. The van der Waals surface area contributed by atoms with Crippen molar-refractivity contribution < 1.29 is 4.84 Å². The smallest absolute Gasteiger partial charge is 0.251 e. The standard InChI is InChI=1S/C17H18ClN5O/c18-13-2-1-11-9-19-16(20-14(11)7-13)21-15-8-17(24-22-15)10-23-5-3-12(17)4-6-23/h1-2,7,9,12H,3-6,8,10H2,(H,19,20,21,22)/t17-/m0/s1. The van der Waals surface area contributed by atoms with Gasteiger partial charge in [-0.25, -0.2) is 9.97 Å². The van der Waals surface area contributed by atoms with Crippen LogP contribution in [0.5, 0.6) is 0 Å². The highest BCUT2D eigenvalue weighted by Gasteiger charge is 2.52. The summed E-state index contributed by atoms with van der Waals surface area (Å²) in [7, 11) is 0. The molecule has 7 heteroatoms. The summed E-state index contributed by atoms with van der Waals surface area (Å²) in [6.45, 7) is 3.37. The summed E-state index contributed by atoms with van der Waals surface area (Å²) in [5, 5.41) is 1.61. The van der Waals surface area contributed by atoms with Crippen LogP contribution >= 0.6 is 11.6 Å². The Labute approximate surface area is 144 Å². The zero-order valence-electron chi connectivity index (χ0n) is 13.2. The number of aromatic nitrogens is 2. The Kier molecular flexibility index (Phi) is 3.26. The second-order valence-corrected chi connectivity index (χ2v) is 7.36. The van der Waals surface area contributed by atoms with E-state index in [0.29, 0.717) is 16.9 Å². The van der Waals surface area contributed by atoms with Gasteiger partial charge >= 0.3 is 0 Å². The van der Waals surface area contributed by atoms with Gasteiger partial charge in [-0.2, -0.15) is 4.99 Å². The molecule has 6 nitrogen and oxygen atoms in total. The van der Waals surface area contributed by atoms with Crippen molar-refractivity contribution in [3.8, 4) is 0 Å². The summed E-state index contributed by atoms with van der Waals surface area (Å²) < 4.78 is 0. The zero-order chi connectivity index (χ0) is 16.1. The molecule has 1 spiro atoms. The van der Waals surface area contributed by atoms with E-state index in [1.54, 1.807) is 6.20 Å². The molecule has 6 rings (SSSR count). The number of aliphatic imine (C=N–C) groups is 1. The number of rotatable bonds is 1. The molecule has 24 heavy (non-hydrogen) atoms. The molecule has 1 N–H and O–H groups in total. The fourth-order valence-electron chi connectivity index (χ4n) is 4.18. The summed E-state index contributed by atoms with van der Waals surface area (Å²) in [6.07, 6.45) is 4.99. The number of amidine groups is 1. The highest BCUT2D eigenvalue weighted by Crippen LogP contribution is 2.42. The first-order chi connectivity index (χ1) is 11.7. The molecule has 0 aliphatic carbocycles. The van der Waals surface area contributed by atoms with Gasteiger partial charge in [0.05, 0.1) is 5.52 Å². The van der Waals surface area contributed by atoms with Crippen molar-refractivity contribution in [1.29, 1.82) is 0 Å². The average molecular weight is 344 g/mol. The topological polar surface area (TPSA) is 62.6 Å². The Morgan fingerprint density at radius 1 is 1.33 bits per heavy atom. The van der Waals surface area contributed by atoms with Crippen LogP contribution in [0, 0.1) is 5.92 Å². The molecule has 4 aliphatic rings. The molecule has 0 saturated carbocycles. The van der Waals surface area contributed by atoms with Crippen LogP contribution in [0.4, 0.5) is 5.95 Å². The van der Waals surface area contributed by atoms with Crippen LogP contribution in [0.1, 0.15) is 19.3 Å². The molecule has 1 atom stereocenters. The molecule has 1 aromatic heterocycles. The van der Waals surface area contributed by atoms with Crippen LogP contribution in [0.3, 0.4) is 0 Å². The van der Waals surface area contributed by atoms with E-state index in [2.05, 4.69) is 25.3 Å². The first kappa shape index (κ1) is 14.6. The Hall–Kier alpha value is -1.76. The van der Waals surface area contributed by atoms with Crippen molar-refractivity contribution in [2.75, 3.05) is 19.6 Å². The Balaban J connectivity index is 1.43. The Bertz CT molecular complexity index is 833. The van der Waals surface area contributed by atoms with E-state index < -0.39 is 0 Å². The Morgan fingerprint density at radius 2 is 2.21 bits per heavy atom. The fourth-order valence-corrected chi connectivity index (χ4v) is 4.35. The molecule has 4 aliphatic heterocycles. The van der Waals surface area contributed by atoms with Crippen LogP contribution in [0.2, 0.25) is 5.02 Å². The van der Waals surface area contributed by atoms with E-state index >= 15 is 0 Å². The molecular formula is C17H18ClN5O. The lowest BCUT2D eigenvalue weighted by Crippen LogP contribution is -2.59. The van der Waals surface area contributed by atoms with Crippen molar-refractivity contribution in [1.82, 2.24) is 20.3 Å². The van der Waals surface area contributed by atoms with Crippen LogP contribution < -0.4 is 5.48 Å². The van der Waals surface area contributed by atoms with Gasteiger partial charge in [-0.05, 0) is 50.0 Å². The summed E-state index contributed by atoms with van der Waals surface area (Å²) in [5.41, 5.74) is 3.70. The minimum atomic E-state index is -0.129. The maximum Gasteiger partial charge on any atom is 0.251 e. The molecule has 1 aromatic carbocycles. The van der Waals surface area contributed by atoms with Crippen molar-refractivity contribution in [2.24, 2.45) is 10.9 Å². The predicted octanol–water partition coefficient (Wildman–Crippen LogP) is 2.70. The molecule has 2 bridgehead atoms. The summed E-state index contributed by atoms with van der Waals surface area (Å²) in [6, 6.07) is 5.58. The van der Waals surface area contributed by atoms with Gasteiger partial charge in [0.1, 0.15) is 11.4 Å². The highest BCUT2D eigenvalue weighted by atomic mass is 35.5. The lowest BCUT2D eigenvalue weighted by molar-refractivity contribution is -0.150. The molecule has 4 fully saturated rings. The predicted molar refractivity (Wildman–Crippen MR) is 92.4 cm³/mol. The van der Waals surface area contributed by atoms with E-state index in [-0.39, 0.29) is 5.60 Å². The number of benzene rings is 1. The van der Waals surface area contributed by atoms with Crippen LogP contribution in [-0.2, 0) is 4.84 Å². The van der Waals surface area contributed by atoms with Gasteiger partial charge in [0.25, 0.3) is 5.95 Å². The fraction of sp³-hybridized carbons (Fsp3) is 0.471. The van der Waals surface area contributed by atoms with Gasteiger partial charge in [-0.3, -0.25) is 10.3 Å². The van der Waals surface area contributed by atoms with Gasteiger partial charge in [-0.1, -0.05) is 11.6 Å². The Morgan fingerprint density at radius 3 is 3.00 bits per heavy atom. The third kappa shape index (κ3) is 2.37. The number of halogens is 1. The third-order valence-electron chi connectivity index (χ3n) is 5.43. The van der Waals surface area contributed by atoms with E-state index in [9.17, 15) is 0 Å². The van der Waals surface area contributed by atoms with Crippen molar-refractivity contribution in [3.05, 3.63) is 29.4 Å². The van der Waals surface area contributed by atoms with Crippen LogP contribution in [0.25, 0.3) is 10.9 Å². The quantitative estimate of drug-likeness (QED) is 0.862. The molecular weight excluding hydrogens is 326 g/mol. The lowest BCUT2D eigenvalue weighted by atomic mass is 9.74. The van der Waals surface area contributed by atoms with E-state index in [1.807, 2.05) is 18.2 Å². The van der Waals surface area contributed by atoms with E-state index in [1.165, 1.54) is 25.9 Å². The van der Waals surface area contributed by atoms with Crippen LogP contribution in [-0.4, -0.2) is 45.9 Å². The van der Waals surface area contributed by atoms with Gasteiger partial charge in [0.15, 0.2) is 0 Å². The summed E-state index contributed by atoms with van der Waals surface area (Å²) in [4.78, 5) is 21.9. The average Bonchev–Trinajstić information content (AvgIpc) is 2.97. The maximum absolute atomic E-state index is 6.04. The summed E-state index contributed by atoms with van der Waals surface area (Å²) in [5.74, 6) is 1.86. The second kappa shape index (κ2) is 5.37. The maximum atomic E-state index is 6.04. The normalized spacial score (nSPS) is 33.5. The molecule has 0 radical (unpaired) electrons. The van der Waals surface area contributed by atoms with E-state index in [0.717, 1.165) is 29.7 Å². The largest absolute Gasteiger partial charge is 0.300 e. The molecule has 4 saturated heterocycles. The molecule has 5 heterocycles. The number of fused-ring (bicyclic) bond motifs is 3. The number of nitrogens with one attached hydrogen (secondary N) is 1. The molecule has 0 amide bonds. The zero-order valence-corrected chi connectivity index (χ0v) is 14.0. The highest BCUT2D eigenvalue weighted by molar-refractivity contribution is 6.31. The van der Waals surface area contributed by atoms with Gasteiger partial charge in [0, 0.05) is 29.6 Å². The number of piperidine rings is 3. The third-order valence-corrected chi connectivity index (χ3v) is 5.66. The monoisotopic (exact) mass is 343 g/mol. The SMILES string of the molecule is Clc1ccc2cnc(/N=C3/C[C@@]4(CN5CCC4CC5)ON3)nc2c1. The van der Waals surface area contributed by atoms with Gasteiger partial charge < -0.3 is 4.90 Å². The van der Waals surface area contributed by atoms with Crippen molar-refractivity contribution >= 4 is 34.3 Å². The summed E-state index contributed by atoms with van der Waals surface area (Å²) >= 11 is 6.04. The molecule has 2 aromatic rings. The molecule has 124 valence electrons. The minimum absolute atomic E-state index is 0.129. The van der Waals surface area contributed by atoms with Crippen LogP contribution in [0.15, 0.2) is 29.4 Å². The first-order valence-electron chi connectivity index (χ1n) is 8.36. The second-order valence-electron chi connectivity index (χ2n) is 6.93.